The summed E-state index contributed by atoms with van der Waals surface area (Å²) < 4.78 is 0. The highest BCUT2D eigenvalue weighted by molar-refractivity contribution is 5.87. The minimum atomic E-state index is 0.0610. The Balaban J connectivity index is 0.000000221. The van der Waals surface area contributed by atoms with Crippen molar-refractivity contribution in [2.75, 3.05) is 0 Å². The molecule has 0 saturated carbocycles. The summed E-state index contributed by atoms with van der Waals surface area (Å²) in [6, 6.07) is 44.3. The SMILES string of the molecule is C=C.CC.CCc1cccc2ccccc12.Cc1ccc2c(c1)C(C)(C)c1cc(Cc3cccc4ccccc34)ccc1-2. The van der Waals surface area contributed by atoms with E-state index < -0.39 is 0 Å². The van der Waals surface area contributed by atoms with Crippen LogP contribution in [0.2, 0.25) is 0 Å². The van der Waals surface area contributed by atoms with Crippen molar-refractivity contribution in [1.82, 2.24) is 0 Å². The molecule has 0 fully saturated rings. The summed E-state index contributed by atoms with van der Waals surface area (Å²) in [6.07, 6.45) is 2.08. The minimum Gasteiger partial charge on any atom is -0.106 e. The van der Waals surface area contributed by atoms with Gasteiger partial charge in [0.2, 0.25) is 0 Å². The van der Waals surface area contributed by atoms with Gasteiger partial charge in [-0.15, -0.1) is 13.2 Å². The van der Waals surface area contributed by atoms with Crippen LogP contribution in [0.5, 0.6) is 0 Å². The average Bonchev–Trinajstić information content (AvgIpc) is 3.28. The van der Waals surface area contributed by atoms with Gasteiger partial charge in [-0.05, 0) is 80.3 Å². The molecular weight excluding hydrogens is 516 g/mol. The number of rotatable bonds is 3. The summed E-state index contributed by atoms with van der Waals surface area (Å²) >= 11 is 0. The number of hydrogen-bond acceptors (Lipinski definition) is 0. The van der Waals surface area contributed by atoms with E-state index in [0.29, 0.717) is 0 Å². The van der Waals surface area contributed by atoms with Crippen LogP contribution in [0.3, 0.4) is 0 Å². The van der Waals surface area contributed by atoms with Gasteiger partial charge >= 0.3 is 0 Å². The topological polar surface area (TPSA) is 0 Å². The molecule has 0 heteroatoms. The highest BCUT2D eigenvalue weighted by Gasteiger charge is 2.35. The van der Waals surface area contributed by atoms with Crippen molar-refractivity contribution in [1.29, 1.82) is 0 Å². The lowest BCUT2D eigenvalue weighted by atomic mass is 9.81. The van der Waals surface area contributed by atoms with E-state index in [-0.39, 0.29) is 5.41 Å². The van der Waals surface area contributed by atoms with E-state index in [1.165, 1.54) is 66.1 Å². The maximum absolute atomic E-state index is 3.00. The summed E-state index contributed by atoms with van der Waals surface area (Å²) in [5, 5.41) is 5.41. The molecule has 0 heterocycles. The van der Waals surface area contributed by atoms with Crippen molar-refractivity contribution in [2.45, 2.75) is 59.8 Å². The van der Waals surface area contributed by atoms with Gasteiger partial charge in [0.25, 0.3) is 0 Å². The Labute approximate surface area is 259 Å². The lowest BCUT2D eigenvalue weighted by Crippen LogP contribution is -2.15. The van der Waals surface area contributed by atoms with Crippen molar-refractivity contribution in [3.8, 4) is 11.1 Å². The molecule has 0 N–H and O–H groups in total. The third-order valence-corrected chi connectivity index (χ3v) is 8.43. The highest BCUT2D eigenvalue weighted by atomic mass is 14.4. The van der Waals surface area contributed by atoms with Crippen molar-refractivity contribution in [3.05, 3.63) is 168 Å². The fourth-order valence-corrected chi connectivity index (χ4v) is 6.28. The molecule has 1 aliphatic rings. The fraction of sp³-hybridized carbons (Fsp3) is 0.209. The third-order valence-electron chi connectivity index (χ3n) is 8.43. The highest BCUT2D eigenvalue weighted by Crippen LogP contribution is 2.49. The van der Waals surface area contributed by atoms with E-state index in [1.807, 2.05) is 13.8 Å². The minimum absolute atomic E-state index is 0.0610. The smallest absolute Gasteiger partial charge is 0.0159 e. The first-order valence-electron chi connectivity index (χ1n) is 15.6. The number of fused-ring (bicyclic) bond motifs is 5. The molecule has 0 unspecified atom stereocenters. The van der Waals surface area contributed by atoms with Crippen LogP contribution in [0.4, 0.5) is 0 Å². The van der Waals surface area contributed by atoms with Crippen LogP contribution in [0.1, 0.15) is 68.0 Å². The Bertz CT molecular complexity index is 1810. The van der Waals surface area contributed by atoms with Crippen LogP contribution in [-0.4, -0.2) is 0 Å². The Morgan fingerprint density at radius 3 is 1.65 bits per heavy atom. The lowest BCUT2D eigenvalue weighted by molar-refractivity contribution is 0.659. The third kappa shape index (κ3) is 6.50. The van der Waals surface area contributed by atoms with E-state index in [2.05, 4.69) is 162 Å². The largest absolute Gasteiger partial charge is 0.106 e. The van der Waals surface area contributed by atoms with Gasteiger partial charge in [-0.1, -0.05) is 162 Å². The van der Waals surface area contributed by atoms with Gasteiger partial charge in [-0.2, -0.15) is 0 Å². The molecule has 0 spiro atoms. The van der Waals surface area contributed by atoms with Gasteiger partial charge in [0.1, 0.15) is 0 Å². The molecule has 0 amide bonds. The molecule has 7 rings (SSSR count). The van der Waals surface area contributed by atoms with E-state index >= 15 is 0 Å². The molecule has 0 atom stereocenters. The number of hydrogen-bond donors (Lipinski definition) is 0. The molecule has 1 aliphatic carbocycles. The van der Waals surface area contributed by atoms with Gasteiger partial charge < -0.3 is 0 Å². The first-order valence-corrected chi connectivity index (χ1v) is 15.6. The van der Waals surface area contributed by atoms with Crippen LogP contribution in [0.15, 0.2) is 134 Å². The van der Waals surface area contributed by atoms with Crippen molar-refractivity contribution < 1.29 is 0 Å². The molecule has 6 aromatic carbocycles. The van der Waals surface area contributed by atoms with Crippen molar-refractivity contribution in [2.24, 2.45) is 0 Å². The monoisotopic (exact) mass is 562 g/mol. The van der Waals surface area contributed by atoms with Crippen LogP contribution in [-0.2, 0) is 18.3 Å². The maximum Gasteiger partial charge on any atom is 0.0159 e. The number of aryl methyl sites for hydroxylation is 2. The predicted octanol–water partition coefficient (Wildman–Crippen LogP) is 12.3. The predicted molar refractivity (Wildman–Crippen MR) is 191 cm³/mol. The molecule has 0 saturated heterocycles. The zero-order chi connectivity index (χ0) is 31.0. The second kappa shape index (κ2) is 14.2. The Morgan fingerprint density at radius 1 is 0.558 bits per heavy atom. The summed E-state index contributed by atoms with van der Waals surface area (Å²) in [7, 11) is 0. The molecular formula is C43H46. The van der Waals surface area contributed by atoms with Crippen LogP contribution in [0, 0.1) is 6.92 Å². The van der Waals surface area contributed by atoms with E-state index in [0.717, 1.165) is 12.8 Å². The average molecular weight is 563 g/mol. The molecule has 0 bridgehead atoms. The summed E-state index contributed by atoms with van der Waals surface area (Å²) in [4.78, 5) is 0. The second-order valence-electron chi connectivity index (χ2n) is 11.4. The van der Waals surface area contributed by atoms with E-state index in [1.54, 1.807) is 0 Å². The molecule has 6 aromatic rings. The fourth-order valence-electron chi connectivity index (χ4n) is 6.28. The molecule has 43 heavy (non-hydrogen) atoms. The first kappa shape index (κ1) is 31.5. The van der Waals surface area contributed by atoms with Gasteiger partial charge in [-0.3, -0.25) is 0 Å². The van der Waals surface area contributed by atoms with Crippen LogP contribution >= 0.6 is 0 Å². The zero-order valence-electron chi connectivity index (χ0n) is 26.9. The standard InChI is InChI=1S/C27H24.C12H12.C2H6.C2H4/c1-18-11-13-23-24-14-12-19(17-26(24)27(2,3)25(23)15-18)16-21-9-6-8-20-7-4-5-10-22(20)21;1-2-10-7-5-8-11-6-3-4-9-12(10)11;2*1-2/h4-15,17H,16H2,1-3H3;3-9H,2H2,1H3;1-2H3;1-2H2. The Hall–Kier alpha value is -4.42. The summed E-state index contributed by atoms with van der Waals surface area (Å²) in [6.45, 7) is 19.1. The van der Waals surface area contributed by atoms with Crippen LogP contribution in [0.25, 0.3) is 32.7 Å². The quantitative estimate of drug-likeness (QED) is 0.188. The van der Waals surface area contributed by atoms with E-state index in [4.69, 9.17) is 0 Å². The van der Waals surface area contributed by atoms with Gasteiger partial charge in [0, 0.05) is 5.41 Å². The summed E-state index contributed by atoms with van der Waals surface area (Å²) in [5.74, 6) is 0. The van der Waals surface area contributed by atoms with Gasteiger partial charge in [0.05, 0.1) is 0 Å². The van der Waals surface area contributed by atoms with Crippen molar-refractivity contribution >= 4 is 21.5 Å². The molecule has 0 radical (unpaired) electrons. The molecule has 0 nitrogen and oxygen atoms in total. The normalized spacial score (nSPS) is 12.0. The Kier molecular flexibility index (Phi) is 10.4. The molecule has 218 valence electrons. The van der Waals surface area contributed by atoms with Gasteiger partial charge in [-0.25, -0.2) is 0 Å². The lowest BCUT2D eigenvalue weighted by Gasteiger charge is -2.22. The second-order valence-corrected chi connectivity index (χ2v) is 11.4. The number of benzene rings is 6. The molecule has 0 aliphatic heterocycles. The van der Waals surface area contributed by atoms with Gasteiger partial charge in [0.15, 0.2) is 0 Å². The van der Waals surface area contributed by atoms with Crippen LogP contribution < -0.4 is 0 Å². The first-order chi connectivity index (χ1) is 21.0. The summed E-state index contributed by atoms with van der Waals surface area (Å²) in [5.41, 5.74) is 11.3. The Morgan fingerprint density at radius 2 is 1.05 bits per heavy atom. The maximum atomic E-state index is 3.00. The molecule has 0 aromatic heterocycles. The zero-order valence-corrected chi connectivity index (χ0v) is 26.9. The van der Waals surface area contributed by atoms with E-state index in [9.17, 15) is 0 Å². The van der Waals surface area contributed by atoms with Crippen molar-refractivity contribution in [3.63, 3.8) is 0 Å².